The fraction of sp³-hybridized carbons (Fsp3) is 0.417. The van der Waals surface area contributed by atoms with Crippen LogP contribution in [-0.4, -0.2) is 30.0 Å². The van der Waals surface area contributed by atoms with E-state index in [2.05, 4.69) is 15.9 Å². The average Bonchev–Trinajstić information content (AvgIpc) is 2.81. The molecule has 1 fully saturated rings. The third kappa shape index (κ3) is 3.06. The molecule has 1 aliphatic heterocycles. The summed E-state index contributed by atoms with van der Waals surface area (Å²) in [4.78, 5) is 18.6. The first kappa shape index (κ1) is 12.5. The highest BCUT2D eigenvalue weighted by Crippen LogP contribution is 2.19. The molecule has 2 N–H and O–H groups in total. The molecule has 0 aliphatic carbocycles. The van der Waals surface area contributed by atoms with E-state index in [-0.39, 0.29) is 12.0 Å². The first-order valence-electron chi connectivity index (χ1n) is 5.57. The van der Waals surface area contributed by atoms with Crippen molar-refractivity contribution in [2.24, 2.45) is 5.90 Å². The minimum Gasteiger partial charge on any atom is -0.340 e. The van der Waals surface area contributed by atoms with Gasteiger partial charge >= 0.3 is 0 Å². The van der Waals surface area contributed by atoms with E-state index in [1.165, 1.54) is 0 Å². The molecule has 2 rings (SSSR count). The lowest BCUT2D eigenvalue weighted by Crippen LogP contribution is -2.32. The van der Waals surface area contributed by atoms with Crippen molar-refractivity contribution in [2.75, 3.05) is 13.1 Å². The number of halogens is 1. The first-order chi connectivity index (χ1) is 8.20. The minimum atomic E-state index is -0.0156. The van der Waals surface area contributed by atoms with Crippen molar-refractivity contribution in [3.05, 3.63) is 34.3 Å². The van der Waals surface area contributed by atoms with E-state index >= 15 is 0 Å². The highest BCUT2D eigenvalue weighted by Gasteiger charge is 2.26. The maximum Gasteiger partial charge on any atom is 0.227 e. The lowest BCUT2D eigenvalue weighted by Gasteiger charge is -2.16. The third-order valence-electron chi connectivity index (χ3n) is 2.99. The summed E-state index contributed by atoms with van der Waals surface area (Å²) in [5.74, 6) is 5.25. The number of nitrogens with zero attached hydrogens (tertiary/aromatic N) is 1. The Morgan fingerprint density at radius 2 is 2.29 bits per heavy atom. The Balaban J connectivity index is 1.96. The Bertz CT molecular complexity index is 411. The van der Waals surface area contributed by atoms with Gasteiger partial charge in [0, 0.05) is 17.6 Å². The second-order valence-electron chi connectivity index (χ2n) is 4.15. The van der Waals surface area contributed by atoms with Gasteiger partial charge < -0.3 is 4.90 Å². The normalized spacial score (nSPS) is 19.6. The zero-order valence-electron chi connectivity index (χ0n) is 9.43. The molecule has 0 spiro atoms. The lowest BCUT2D eigenvalue weighted by molar-refractivity contribution is -0.130. The van der Waals surface area contributed by atoms with Crippen LogP contribution < -0.4 is 5.90 Å². The Hall–Kier alpha value is -0.910. The largest absolute Gasteiger partial charge is 0.340 e. The monoisotopic (exact) mass is 298 g/mol. The molecule has 1 heterocycles. The van der Waals surface area contributed by atoms with E-state index in [0.29, 0.717) is 13.0 Å². The molecule has 17 heavy (non-hydrogen) atoms. The van der Waals surface area contributed by atoms with Gasteiger partial charge in [0.2, 0.25) is 5.91 Å². The van der Waals surface area contributed by atoms with Gasteiger partial charge in [-0.1, -0.05) is 34.1 Å². The van der Waals surface area contributed by atoms with E-state index < -0.39 is 0 Å². The molecule has 1 unspecified atom stereocenters. The molecule has 0 radical (unpaired) electrons. The number of likely N-dealkylation sites (tertiary alicyclic amines) is 1. The fourth-order valence-corrected chi connectivity index (χ4v) is 2.41. The predicted octanol–water partition coefficient (Wildman–Crippen LogP) is 1.48. The van der Waals surface area contributed by atoms with Crippen molar-refractivity contribution in [1.29, 1.82) is 0 Å². The van der Waals surface area contributed by atoms with Gasteiger partial charge in [0.05, 0.1) is 12.5 Å². The fourth-order valence-electron chi connectivity index (χ4n) is 1.98. The molecule has 1 saturated heterocycles. The van der Waals surface area contributed by atoms with Gasteiger partial charge in [0.15, 0.2) is 0 Å². The Morgan fingerprint density at radius 1 is 1.53 bits per heavy atom. The maximum atomic E-state index is 12.0. The molecular formula is C12H15BrN2O2. The Morgan fingerprint density at radius 3 is 2.94 bits per heavy atom. The topological polar surface area (TPSA) is 55.6 Å². The molecule has 5 heteroatoms. The van der Waals surface area contributed by atoms with E-state index in [1.54, 1.807) is 4.90 Å². The lowest BCUT2D eigenvalue weighted by atomic mass is 10.1. The van der Waals surface area contributed by atoms with E-state index in [0.717, 1.165) is 23.0 Å². The SMILES string of the molecule is NOC1CCN(C(=O)Cc2ccccc2Br)C1. The van der Waals surface area contributed by atoms with Gasteiger partial charge in [0.25, 0.3) is 0 Å². The highest BCUT2D eigenvalue weighted by molar-refractivity contribution is 9.10. The summed E-state index contributed by atoms with van der Waals surface area (Å²) in [7, 11) is 0. The molecule has 4 nitrogen and oxygen atoms in total. The van der Waals surface area contributed by atoms with Crippen LogP contribution >= 0.6 is 15.9 Å². The van der Waals surface area contributed by atoms with Gasteiger partial charge in [-0.3, -0.25) is 9.63 Å². The highest BCUT2D eigenvalue weighted by atomic mass is 79.9. The molecule has 1 aromatic carbocycles. The second-order valence-corrected chi connectivity index (χ2v) is 5.01. The summed E-state index contributed by atoms with van der Waals surface area (Å²) < 4.78 is 0.971. The van der Waals surface area contributed by atoms with Gasteiger partial charge in [-0.15, -0.1) is 0 Å². The summed E-state index contributed by atoms with van der Waals surface area (Å²) in [5, 5.41) is 0. The van der Waals surface area contributed by atoms with Crippen molar-refractivity contribution in [1.82, 2.24) is 4.90 Å². The number of nitrogens with two attached hydrogens (primary N) is 1. The summed E-state index contributed by atoms with van der Waals surface area (Å²) in [6, 6.07) is 7.77. The smallest absolute Gasteiger partial charge is 0.227 e. The summed E-state index contributed by atoms with van der Waals surface area (Å²) >= 11 is 3.44. The van der Waals surface area contributed by atoms with Crippen LogP contribution in [0.2, 0.25) is 0 Å². The van der Waals surface area contributed by atoms with Crippen LogP contribution in [0.5, 0.6) is 0 Å². The van der Waals surface area contributed by atoms with Crippen LogP contribution in [0.4, 0.5) is 0 Å². The molecule has 0 saturated carbocycles. The Kier molecular flexibility index (Phi) is 4.15. The number of carbonyl (C=O) groups is 1. The summed E-state index contributed by atoms with van der Waals surface area (Å²) in [6.07, 6.45) is 1.22. The summed E-state index contributed by atoms with van der Waals surface area (Å²) in [6.45, 7) is 1.32. The first-order valence-corrected chi connectivity index (χ1v) is 6.36. The quantitative estimate of drug-likeness (QED) is 0.860. The molecule has 0 bridgehead atoms. The second kappa shape index (κ2) is 5.62. The van der Waals surface area contributed by atoms with E-state index in [4.69, 9.17) is 10.7 Å². The third-order valence-corrected chi connectivity index (χ3v) is 3.76. The van der Waals surface area contributed by atoms with E-state index in [1.807, 2.05) is 24.3 Å². The number of amides is 1. The zero-order chi connectivity index (χ0) is 12.3. The zero-order valence-corrected chi connectivity index (χ0v) is 11.0. The van der Waals surface area contributed by atoms with Crippen molar-refractivity contribution in [3.8, 4) is 0 Å². The molecule has 1 amide bonds. The van der Waals surface area contributed by atoms with Crippen LogP contribution in [0.1, 0.15) is 12.0 Å². The van der Waals surface area contributed by atoms with Gasteiger partial charge in [-0.2, -0.15) is 0 Å². The molecule has 1 atom stereocenters. The van der Waals surface area contributed by atoms with Crippen LogP contribution in [0.25, 0.3) is 0 Å². The van der Waals surface area contributed by atoms with Crippen molar-refractivity contribution in [2.45, 2.75) is 18.9 Å². The molecule has 1 aliphatic rings. The van der Waals surface area contributed by atoms with Crippen LogP contribution in [-0.2, 0) is 16.1 Å². The Labute approximate surface area is 109 Å². The average molecular weight is 299 g/mol. The van der Waals surface area contributed by atoms with Crippen molar-refractivity contribution >= 4 is 21.8 Å². The summed E-state index contributed by atoms with van der Waals surface area (Å²) in [5.41, 5.74) is 1.01. The molecule has 92 valence electrons. The minimum absolute atomic E-state index is 0.0156. The number of hydrogen-bond acceptors (Lipinski definition) is 3. The van der Waals surface area contributed by atoms with Crippen LogP contribution in [0.15, 0.2) is 28.7 Å². The van der Waals surface area contributed by atoms with Gasteiger partial charge in [-0.25, -0.2) is 5.90 Å². The van der Waals surface area contributed by atoms with E-state index in [9.17, 15) is 4.79 Å². The molecule has 1 aromatic rings. The van der Waals surface area contributed by atoms with Gasteiger partial charge in [0.1, 0.15) is 0 Å². The number of hydrogen-bond donors (Lipinski definition) is 1. The van der Waals surface area contributed by atoms with Gasteiger partial charge in [-0.05, 0) is 18.1 Å². The predicted molar refractivity (Wildman–Crippen MR) is 68.1 cm³/mol. The van der Waals surface area contributed by atoms with Crippen molar-refractivity contribution < 1.29 is 9.63 Å². The number of benzene rings is 1. The molecule has 0 aromatic heterocycles. The number of carbonyl (C=O) groups excluding carboxylic acids is 1. The van der Waals surface area contributed by atoms with Crippen LogP contribution in [0.3, 0.4) is 0 Å². The number of rotatable bonds is 3. The van der Waals surface area contributed by atoms with Crippen molar-refractivity contribution in [3.63, 3.8) is 0 Å². The maximum absolute atomic E-state index is 12.0. The standard InChI is InChI=1S/C12H15BrN2O2/c13-11-4-2-1-3-9(11)7-12(16)15-6-5-10(8-15)17-14/h1-4,10H,5-8,14H2. The molecular weight excluding hydrogens is 284 g/mol. The van der Waals surface area contributed by atoms with Crippen LogP contribution in [0, 0.1) is 0 Å².